The van der Waals surface area contributed by atoms with Gasteiger partial charge in [-0.15, -0.1) is 0 Å². The molecule has 0 saturated heterocycles. The highest BCUT2D eigenvalue weighted by Crippen LogP contribution is 2.20. The van der Waals surface area contributed by atoms with Crippen molar-refractivity contribution in [3.8, 4) is 0 Å². The molecule has 0 fully saturated rings. The third-order valence-electron chi connectivity index (χ3n) is 2.88. The molecule has 0 aliphatic rings. The summed E-state index contributed by atoms with van der Waals surface area (Å²) >= 11 is 0. The summed E-state index contributed by atoms with van der Waals surface area (Å²) in [5.41, 5.74) is 2.29. The number of aromatic nitrogens is 1. The number of anilines is 1. The fraction of sp³-hybridized carbons (Fsp3) is 0.214. The van der Waals surface area contributed by atoms with Crippen molar-refractivity contribution < 1.29 is 8.42 Å². The molecule has 0 radical (unpaired) electrons. The van der Waals surface area contributed by atoms with E-state index in [4.69, 9.17) is 0 Å². The molecule has 2 N–H and O–H groups in total. The van der Waals surface area contributed by atoms with Crippen LogP contribution in [-0.2, 0) is 16.6 Å². The molecule has 5 nitrogen and oxygen atoms in total. The number of para-hydroxylation sites is 1. The average Bonchev–Trinajstić information content (AvgIpc) is 2.46. The molecule has 20 heavy (non-hydrogen) atoms. The summed E-state index contributed by atoms with van der Waals surface area (Å²) in [5.74, 6) is 0. The number of benzene rings is 1. The molecule has 0 saturated carbocycles. The van der Waals surface area contributed by atoms with Gasteiger partial charge in [0.2, 0.25) is 10.0 Å². The third-order valence-corrected chi connectivity index (χ3v) is 4.34. The van der Waals surface area contributed by atoms with E-state index in [-0.39, 0.29) is 11.4 Å². The van der Waals surface area contributed by atoms with Gasteiger partial charge in [0, 0.05) is 25.5 Å². The third kappa shape index (κ3) is 3.34. The summed E-state index contributed by atoms with van der Waals surface area (Å²) < 4.78 is 27.1. The van der Waals surface area contributed by atoms with Gasteiger partial charge in [-0.05, 0) is 30.7 Å². The maximum absolute atomic E-state index is 12.3. The average molecular weight is 291 g/mol. The zero-order valence-electron chi connectivity index (χ0n) is 11.4. The van der Waals surface area contributed by atoms with E-state index in [2.05, 4.69) is 15.0 Å². The van der Waals surface area contributed by atoms with Crippen molar-refractivity contribution in [2.45, 2.75) is 18.4 Å². The molecule has 0 spiro atoms. The molecule has 0 amide bonds. The zero-order chi connectivity index (χ0) is 14.6. The Hall–Kier alpha value is -1.92. The van der Waals surface area contributed by atoms with Crippen LogP contribution in [-0.4, -0.2) is 20.4 Å². The predicted octanol–water partition coefficient (Wildman–Crippen LogP) is 1.91. The largest absolute Gasteiger partial charge is 0.387 e. The number of hydrogen-bond acceptors (Lipinski definition) is 4. The van der Waals surface area contributed by atoms with Crippen LogP contribution >= 0.6 is 0 Å². The van der Waals surface area contributed by atoms with Gasteiger partial charge in [-0.25, -0.2) is 13.1 Å². The number of hydrogen-bond donors (Lipinski definition) is 2. The van der Waals surface area contributed by atoms with Crippen molar-refractivity contribution in [3.63, 3.8) is 0 Å². The highest BCUT2D eigenvalue weighted by atomic mass is 32.2. The van der Waals surface area contributed by atoms with E-state index in [0.717, 1.165) is 11.3 Å². The van der Waals surface area contributed by atoms with Crippen molar-refractivity contribution in [1.82, 2.24) is 9.71 Å². The molecule has 106 valence electrons. The lowest BCUT2D eigenvalue weighted by Gasteiger charge is -2.11. The predicted molar refractivity (Wildman–Crippen MR) is 79.0 cm³/mol. The first kappa shape index (κ1) is 14.5. The molecular formula is C14H17N3O2S. The summed E-state index contributed by atoms with van der Waals surface area (Å²) in [6.45, 7) is 2.10. The Kier molecular flexibility index (Phi) is 4.36. The number of aryl methyl sites for hydroxylation is 1. The Morgan fingerprint density at radius 2 is 1.90 bits per heavy atom. The van der Waals surface area contributed by atoms with Crippen LogP contribution in [0.2, 0.25) is 0 Å². The van der Waals surface area contributed by atoms with Crippen LogP contribution in [0.5, 0.6) is 0 Å². The Balaban J connectivity index is 2.17. The first-order chi connectivity index (χ1) is 9.53. The van der Waals surface area contributed by atoms with Crippen LogP contribution in [0.25, 0.3) is 0 Å². The molecule has 6 heteroatoms. The SMILES string of the molecule is CNc1ccccc1S(=O)(=O)NCc1ccc(C)nc1. The lowest BCUT2D eigenvalue weighted by Crippen LogP contribution is -2.24. The van der Waals surface area contributed by atoms with E-state index >= 15 is 0 Å². The van der Waals surface area contributed by atoms with Gasteiger partial charge in [-0.3, -0.25) is 4.98 Å². The van der Waals surface area contributed by atoms with Gasteiger partial charge < -0.3 is 5.32 Å². The molecule has 2 rings (SSSR count). The standard InChI is InChI=1S/C14H17N3O2S/c1-11-7-8-12(9-16-11)10-17-20(18,19)14-6-4-3-5-13(14)15-2/h3-9,15,17H,10H2,1-2H3. The second kappa shape index (κ2) is 6.02. The second-order valence-electron chi connectivity index (χ2n) is 4.38. The van der Waals surface area contributed by atoms with Gasteiger partial charge in [0.15, 0.2) is 0 Å². The number of pyridine rings is 1. The maximum Gasteiger partial charge on any atom is 0.242 e. The fourth-order valence-electron chi connectivity index (χ4n) is 1.77. The zero-order valence-corrected chi connectivity index (χ0v) is 12.2. The monoisotopic (exact) mass is 291 g/mol. The highest BCUT2D eigenvalue weighted by Gasteiger charge is 2.17. The Bertz CT molecular complexity index is 682. The van der Waals surface area contributed by atoms with Crippen LogP contribution in [0.1, 0.15) is 11.3 Å². The quantitative estimate of drug-likeness (QED) is 0.883. The first-order valence-corrected chi connectivity index (χ1v) is 7.69. The van der Waals surface area contributed by atoms with Gasteiger partial charge in [0.1, 0.15) is 4.90 Å². The van der Waals surface area contributed by atoms with Gasteiger partial charge >= 0.3 is 0 Å². The molecule has 0 bridgehead atoms. The number of sulfonamides is 1. The maximum atomic E-state index is 12.3. The van der Waals surface area contributed by atoms with Crippen LogP contribution < -0.4 is 10.0 Å². The molecule has 0 aliphatic carbocycles. The van der Waals surface area contributed by atoms with E-state index in [1.165, 1.54) is 0 Å². The molecule has 0 unspecified atom stereocenters. The van der Waals surface area contributed by atoms with Crippen molar-refractivity contribution >= 4 is 15.7 Å². The molecule has 0 atom stereocenters. The molecule has 2 aromatic rings. The summed E-state index contributed by atoms with van der Waals surface area (Å²) in [6.07, 6.45) is 1.67. The molecular weight excluding hydrogens is 274 g/mol. The van der Waals surface area contributed by atoms with E-state index in [0.29, 0.717) is 5.69 Å². The summed E-state index contributed by atoms with van der Waals surface area (Å²) in [4.78, 5) is 4.38. The minimum Gasteiger partial charge on any atom is -0.387 e. The minimum atomic E-state index is -3.55. The van der Waals surface area contributed by atoms with Crippen molar-refractivity contribution in [2.24, 2.45) is 0 Å². The molecule has 1 heterocycles. The van der Waals surface area contributed by atoms with Gasteiger partial charge in [-0.1, -0.05) is 18.2 Å². The smallest absolute Gasteiger partial charge is 0.242 e. The Labute approximate surface area is 119 Å². The normalized spacial score (nSPS) is 11.3. The Morgan fingerprint density at radius 3 is 2.55 bits per heavy atom. The van der Waals surface area contributed by atoms with Crippen LogP contribution in [0.3, 0.4) is 0 Å². The summed E-state index contributed by atoms with van der Waals surface area (Å²) in [5, 5.41) is 2.88. The van der Waals surface area contributed by atoms with Gasteiger partial charge in [-0.2, -0.15) is 0 Å². The minimum absolute atomic E-state index is 0.216. The number of nitrogens with zero attached hydrogens (tertiary/aromatic N) is 1. The van der Waals surface area contributed by atoms with E-state index in [9.17, 15) is 8.42 Å². The first-order valence-electron chi connectivity index (χ1n) is 6.21. The lowest BCUT2D eigenvalue weighted by molar-refractivity contribution is 0.581. The van der Waals surface area contributed by atoms with Crippen molar-refractivity contribution in [1.29, 1.82) is 0 Å². The molecule has 1 aromatic carbocycles. The van der Waals surface area contributed by atoms with E-state index in [1.807, 2.05) is 19.1 Å². The molecule has 1 aromatic heterocycles. The van der Waals surface area contributed by atoms with Crippen LogP contribution in [0.15, 0.2) is 47.5 Å². The summed E-state index contributed by atoms with van der Waals surface area (Å²) in [6, 6.07) is 10.5. The van der Waals surface area contributed by atoms with Crippen molar-refractivity contribution in [3.05, 3.63) is 53.9 Å². The van der Waals surface area contributed by atoms with Crippen molar-refractivity contribution in [2.75, 3.05) is 12.4 Å². The highest BCUT2D eigenvalue weighted by molar-refractivity contribution is 7.89. The number of rotatable bonds is 5. The van der Waals surface area contributed by atoms with Crippen LogP contribution in [0.4, 0.5) is 5.69 Å². The summed E-state index contributed by atoms with van der Waals surface area (Å²) in [7, 11) is -1.86. The molecule has 0 aliphatic heterocycles. The number of nitrogens with one attached hydrogen (secondary N) is 2. The topological polar surface area (TPSA) is 71.1 Å². The van der Waals surface area contributed by atoms with E-state index in [1.54, 1.807) is 37.5 Å². The van der Waals surface area contributed by atoms with Gasteiger partial charge in [0.25, 0.3) is 0 Å². The van der Waals surface area contributed by atoms with Gasteiger partial charge in [0.05, 0.1) is 5.69 Å². The van der Waals surface area contributed by atoms with E-state index < -0.39 is 10.0 Å². The lowest BCUT2D eigenvalue weighted by atomic mass is 10.2. The van der Waals surface area contributed by atoms with Crippen LogP contribution in [0, 0.1) is 6.92 Å². The second-order valence-corrected chi connectivity index (χ2v) is 6.11. The Morgan fingerprint density at radius 1 is 1.15 bits per heavy atom. The fourth-order valence-corrected chi connectivity index (χ4v) is 3.00.